The van der Waals surface area contributed by atoms with Gasteiger partial charge in [0.15, 0.2) is 0 Å². The van der Waals surface area contributed by atoms with E-state index in [0.717, 1.165) is 36.2 Å². The lowest BCUT2D eigenvalue weighted by Crippen LogP contribution is -2.39. The van der Waals surface area contributed by atoms with Crippen LogP contribution in [0.4, 0.5) is 0 Å². The molecule has 0 saturated carbocycles. The molecule has 1 saturated heterocycles. The molecule has 0 aromatic heterocycles. The first-order valence-electron chi connectivity index (χ1n) is 13.5. The van der Waals surface area contributed by atoms with E-state index in [0.29, 0.717) is 41.7 Å². The Morgan fingerprint density at radius 1 is 0.921 bits per heavy atom. The molecule has 0 spiro atoms. The van der Waals surface area contributed by atoms with Crippen LogP contribution in [0.5, 0.6) is 0 Å². The smallest absolute Gasteiger partial charge is 0.258 e. The van der Waals surface area contributed by atoms with Crippen molar-refractivity contribution >= 4 is 29.1 Å². The fourth-order valence-electron chi connectivity index (χ4n) is 5.37. The Morgan fingerprint density at radius 3 is 2.24 bits per heavy atom. The number of hydrogen-bond donors (Lipinski definition) is 4. The second-order valence-corrected chi connectivity index (χ2v) is 10.2. The van der Waals surface area contributed by atoms with Gasteiger partial charge in [-0.2, -0.15) is 0 Å². The third-order valence-corrected chi connectivity index (χ3v) is 7.50. The van der Waals surface area contributed by atoms with Crippen molar-refractivity contribution in [2.75, 3.05) is 26.2 Å². The molecule has 2 aromatic rings. The second kappa shape index (κ2) is 11.8. The van der Waals surface area contributed by atoms with Gasteiger partial charge >= 0.3 is 0 Å². The Labute approximate surface area is 223 Å². The summed E-state index contributed by atoms with van der Waals surface area (Å²) in [5.41, 5.74) is 4.26. The molecule has 1 atom stereocenters. The summed E-state index contributed by atoms with van der Waals surface area (Å²) in [7, 11) is 0. The van der Waals surface area contributed by atoms with E-state index in [1.165, 1.54) is 25.8 Å². The number of carbonyl (C=O) groups is 3. The molecule has 8 nitrogen and oxygen atoms in total. The molecule has 0 bridgehead atoms. The predicted molar refractivity (Wildman–Crippen MR) is 147 cm³/mol. The van der Waals surface area contributed by atoms with Crippen LogP contribution in [0.25, 0.3) is 11.4 Å². The largest absolute Gasteiger partial charge is 0.351 e. The minimum atomic E-state index is -0.290. The van der Waals surface area contributed by atoms with Crippen LogP contribution in [0.3, 0.4) is 0 Å². The third kappa shape index (κ3) is 5.71. The number of nitrogens with one attached hydrogen (secondary N) is 4. The first-order chi connectivity index (χ1) is 18.5. The summed E-state index contributed by atoms with van der Waals surface area (Å²) < 4.78 is 0. The topological polar surface area (TPSA) is 103 Å². The molecule has 0 aliphatic carbocycles. The molecule has 3 amide bonds. The molecule has 3 aliphatic heterocycles. The van der Waals surface area contributed by atoms with Crippen molar-refractivity contribution in [1.82, 2.24) is 26.2 Å². The van der Waals surface area contributed by atoms with Crippen LogP contribution in [-0.4, -0.2) is 54.8 Å². The lowest BCUT2D eigenvalue weighted by Gasteiger charge is -2.33. The van der Waals surface area contributed by atoms with Crippen LogP contribution in [0, 0.1) is 0 Å². The zero-order chi connectivity index (χ0) is 26.5. The standard InChI is InChI=1S/C30H35N5O3/c1-20-8-5-6-16-35(20)17-7-15-31-19-24(36)32-18-21-11-13-23(14-12-21)28-26-25(29(37)34-28)27(33-30(26)38)22-9-3-2-4-10-22/h2-4,9-14,20,31H,5-8,15-19H2,1H3,(H,32,36)(H,33,38)(H,34,37). The van der Waals surface area contributed by atoms with Crippen molar-refractivity contribution in [3.8, 4) is 0 Å². The molecule has 3 heterocycles. The van der Waals surface area contributed by atoms with Crippen LogP contribution >= 0.6 is 0 Å². The number of benzene rings is 2. The maximum Gasteiger partial charge on any atom is 0.258 e. The van der Waals surface area contributed by atoms with Gasteiger partial charge in [-0.25, -0.2) is 0 Å². The summed E-state index contributed by atoms with van der Waals surface area (Å²) in [6.45, 7) is 6.09. The van der Waals surface area contributed by atoms with Gasteiger partial charge in [0.2, 0.25) is 5.91 Å². The Hall–Kier alpha value is -3.75. The number of nitrogens with zero attached hydrogens (tertiary/aromatic N) is 1. The summed E-state index contributed by atoms with van der Waals surface area (Å²) in [6, 6.07) is 17.5. The quantitative estimate of drug-likeness (QED) is 0.366. The first-order valence-corrected chi connectivity index (χ1v) is 13.5. The van der Waals surface area contributed by atoms with Gasteiger partial charge in [-0.15, -0.1) is 0 Å². The molecule has 1 fully saturated rings. The van der Waals surface area contributed by atoms with Crippen molar-refractivity contribution in [3.63, 3.8) is 0 Å². The maximum atomic E-state index is 12.8. The van der Waals surface area contributed by atoms with Gasteiger partial charge in [0, 0.05) is 12.6 Å². The Bertz CT molecular complexity index is 1270. The molecule has 1 unspecified atom stereocenters. The number of fused-ring (bicyclic) bond motifs is 1. The minimum Gasteiger partial charge on any atom is -0.351 e. The van der Waals surface area contributed by atoms with Crippen LogP contribution in [0.15, 0.2) is 65.7 Å². The van der Waals surface area contributed by atoms with Gasteiger partial charge < -0.3 is 26.2 Å². The molecular formula is C30H35N5O3. The zero-order valence-corrected chi connectivity index (χ0v) is 21.8. The average molecular weight is 514 g/mol. The van der Waals surface area contributed by atoms with Crippen molar-refractivity contribution in [1.29, 1.82) is 0 Å². The molecule has 38 heavy (non-hydrogen) atoms. The zero-order valence-electron chi connectivity index (χ0n) is 21.8. The third-order valence-electron chi connectivity index (χ3n) is 7.50. The number of likely N-dealkylation sites (tertiary alicyclic amines) is 1. The van der Waals surface area contributed by atoms with E-state index in [2.05, 4.69) is 33.1 Å². The minimum absolute atomic E-state index is 0.0424. The van der Waals surface area contributed by atoms with E-state index in [4.69, 9.17) is 0 Å². The van der Waals surface area contributed by atoms with Gasteiger partial charge in [-0.1, -0.05) is 61.0 Å². The Balaban J connectivity index is 1.12. The molecule has 2 aromatic carbocycles. The summed E-state index contributed by atoms with van der Waals surface area (Å²) in [4.78, 5) is 40.4. The molecule has 0 radical (unpaired) electrons. The van der Waals surface area contributed by atoms with E-state index >= 15 is 0 Å². The number of piperidine rings is 1. The average Bonchev–Trinajstić information content (AvgIpc) is 3.47. The summed E-state index contributed by atoms with van der Waals surface area (Å²) in [6.07, 6.45) is 4.94. The lowest BCUT2D eigenvalue weighted by atomic mass is 10.0. The van der Waals surface area contributed by atoms with Gasteiger partial charge in [0.1, 0.15) is 0 Å². The SMILES string of the molecule is CC1CCCCN1CCCNCC(=O)NCc1ccc(C2=C3C(=O)NC(c4ccccc4)=C3C(=O)N2)cc1. The van der Waals surface area contributed by atoms with Crippen molar-refractivity contribution < 1.29 is 14.4 Å². The predicted octanol–water partition coefficient (Wildman–Crippen LogP) is 2.54. The van der Waals surface area contributed by atoms with Crippen molar-refractivity contribution in [2.24, 2.45) is 0 Å². The molecule has 8 heteroatoms. The van der Waals surface area contributed by atoms with Crippen LogP contribution in [-0.2, 0) is 20.9 Å². The van der Waals surface area contributed by atoms with Gasteiger partial charge in [-0.3, -0.25) is 14.4 Å². The summed E-state index contributed by atoms with van der Waals surface area (Å²) in [5.74, 6) is -0.623. The number of carbonyl (C=O) groups excluding carboxylic acids is 3. The highest BCUT2D eigenvalue weighted by molar-refractivity contribution is 6.30. The van der Waals surface area contributed by atoms with Gasteiger partial charge in [0.25, 0.3) is 11.8 Å². The van der Waals surface area contributed by atoms with E-state index < -0.39 is 0 Å². The summed E-state index contributed by atoms with van der Waals surface area (Å²) >= 11 is 0. The van der Waals surface area contributed by atoms with E-state index in [-0.39, 0.29) is 17.7 Å². The van der Waals surface area contributed by atoms with Gasteiger partial charge in [0.05, 0.1) is 29.1 Å². The lowest BCUT2D eigenvalue weighted by molar-refractivity contribution is -0.120. The van der Waals surface area contributed by atoms with Crippen LogP contribution in [0.1, 0.15) is 49.3 Å². The Kier molecular flexibility index (Phi) is 8.00. The number of amides is 3. The monoisotopic (exact) mass is 513 g/mol. The van der Waals surface area contributed by atoms with Crippen LogP contribution < -0.4 is 21.3 Å². The maximum absolute atomic E-state index is 12.8. The fraction of sp³-hybridized carbons (Fsp3) is 0.367. The van der Waals surface area contributed by atoms with E-state index in [1.807, 2.05) is 54.6 Å². The van der Waals surface area contributed by atoms with Crippen molar-refractivity contribution in [3.05, 3.63) is 82.4 Å². The highest BCUT2D eigenvalue weighted by atomic mass is 16.2. The fourth-order valence-corrected chi connectivity index (χ4v) is 5.37. The molecular weight excluding hydrogens is 478 g/mol. The van der Waals surface area contributed by atoms with Gasteiger partial charge in [-0.05, 0) is 62.5 Å². The van der Waals surface area contributed by atoms with E-state index in [1.54, 1.807) is 0 Å². The molecule has 4 N–H and O–H groups in total. The Morgan fingerprint density at radius 2 is 1.58 bits per heavy atom. The normalized spacial score (nSPS) is 19.4. The van der Waals surface area contributed by atoms with E-state index in [9.17, 15) is 14.4 Å². The number of rotatable bonds is 10. The highest BCUT2D eigenvalue weighted by Crippen LogP contribution is 2.37. The number of hydrogen-bond acceptors (Lipinski definition) is 5. The van der Waals surface area contributed by atoms with Crippen LogP contribution in [0.2, 0.25) is 0 Å². The molecule has 198 valence electrons. The summed E-state index contributed by atoms with van der Waals surface area (Å²) in [5, 5.41) is 11.9. The van der Waals surface area contributed by atoms with Crippen molar-refractivity contribution in [2.45, 2.75) is 45.2 Å². The molecule has 3 aliphatic rings. The highest BCUT2D eigenvalue weighted by Gasteiger charge is 2.40. The molecule has 5 rings (SSSR count). The second-order valence-electron chi connectivity index (χ2n) is 10.2. The first kappa shape index (κ1) is 25.9.